The average Bonchev–Trinajstić information content (AvgIpc) is 3.26. The molecule has 0 saturated heterocycles. The second kappa shape index (κ2) is 9.39. The Balaban J connectivity index is 1.43. The van der Waals surface area contributed by atoms with E-state index in [0.29, 0.717) is 5.56 Å². The van der Waals surface area contributed by atoms with Gasteiger partial charge < -0.3 is 5.32 Å². The zero-order valence-electron chi connectivity index (χ0n) is 19.2. The second-order valence-corrected chi connectivity index (χ2v) is 9.36. The van der Waals surface area contributed by atoms with Gasteiger partial charge in [-0.25, -0.2) is 0 Å². The number of amides is 1. The number of carbonyl (C=O) groups excluding carboxylic acids is 1. The quantitative estimate of drug-likeness (QED) is 0.260. The predicted molar refractivity (Wildman–Crippen MR) is 142 cm³/mol. The van der Waals surface area contributed by atoms with Crippen LogP contribution in [0.3, 0.4) is 0 Å². The Morgan fingerprint density at radius 2 is 1.65 bits per heavy atom. The van der Waals surface area contributed by atoms with Crippen molar-refractivity contribution in [2.75, 3.05) is 5.32 Å². The molecule has 1 heterocycles. The van der Waals surface area contributed by atoms with Crippen LogP contribution in [-0.4, -0.2) is 20.9 Å². The maximum atomic E-state index is 13.2. The fraction of sp³-hybridized carbons (Fsp3) is 0.179. The summed E-state index contributed by atoms with van der Waals surface area (Å²) in [6, 6.07) is 23.9. The van der Waals surface area contributed by atoms with Crippen molar-refractivity contribution in [3.05, 3.63) is 94.0 Å². The van der Waals surface area contributed by atoms with Crippen LogP contribution in [0.4, 0.5) is 5.69 Å². The third kappa shape index (κ3) is 4.33. The van der Waals surface area contributed by atoms with Gasteiger partial charge in [0, 0.05) is 15.7 Å². The van der Waals surface area contributed by atoms with Crippen molar-refractivity contribution in [3.8, 4) is 5.69 Å². The van der Waals surface area contributed by atoms with E-state index >= 15 is 0 Å². The Hall–Kier alpha value is -3.51. The Kier molecular flexibility index (Phi) is 6.16. The fourth-order valence-electron chi connectivity index (χ4n) is 4.15. The standard InChI is InChI=1S/C28H25BrN4O/c1-3-4-7-19-12-14-20(15-13-19)33-31-26-16-18(2)25(17-27(26)32-33)30-28(34)23-10-5-9-22-21(23)8-6-11-24(22)29/h5-6,8-17H,3-4,7H2,1-2H3,(H,30,34). The smallest absolute Gasteiger partial charge is 0.256 e. The SMILES string of the molecule is CCCCc1ccc(-n2nc3cc(C)c(NC(=O)c4cccc5c(Br)cccc45)cc3n2)cc1. The predicted octanol–water partition coefficient (Wildman–Crippen LogP) is 7.24. The molecule has 1 amide bonds. The van der Waals surface area contributed by atoms with Crippen LogP contribution in [0.2, 0.25) is 0 Å². The highest BCUT2D eigenvalue weighted by molar-refractivity contribution is 9.10. The lowest BCUT2D eigenvalue weighted by molar-refractivity contribution is 0.102. The first-order valence-electron chi connectivity index (χ1n) is 11.5. The summed E-state index contributed by atoms with van der Waals surface area (Å²) in [4.78, 5) is 14.8. The molecular weight excluding hydrogens is 488 g/mol. The molecule has 0 atom stereocenters. The van der Waals surface area contributed by atoms with Crippen molar-refractivity contribution in [2.45, 2.75) is 33.1 Å². The van der Waals surface area contributed by atoms with E-state index in [-0.39, 0.29) is 5.91 Å². The van der Waals surface area contributed by atoms with Gasteiger partial charge in [0.15, 0.2) is 0 Å². The monoisotopic (exact) mass is 512 g/mol. The van der Waals surface area contributed by atoms with Crippen LogP contribution in [0.15, 0.2) is 77.3 Å². The normalized spacial score (nSPS) is 11.3. The number of rotatable bonds is 6. The van der Waals surface area contributed by atoms with Gasteiger partial charge in [-0.3, -0.25) is 4.79 Å². The third-order valence-electron chi connectivity index (χ3n) is 6.07. The molecule has 0 fully saturated rings. The summed E-state index contributed by atoms with van der Waals surface area (Å²) in [6.07, 6.45) is 3.46. The average molecular weight is 513 g/mol. The van der Waals surface area contributed by atoms with Crippen LogP contribution in [-0.2, 0) is 6.42 Å². The Morgan fingerprint density at radius 3 is 2.41 bits per heavy atom. The van der Waals surface area contributed by atoms with E-state index in [9.17, 15) is 4.79 Å². The molecule has 0 radical (unpaired) electrons. The molecule has 5 aromatic rings. The largest absolute Gasteiger partial charge is 0.322 e. The molecule has 0 unspecified atom stereocenters. The van der Waals surface area contributed by atoms with Gasteiger partial charge in [-0.05, 0) is 78.1 Å². The van der Waals surface area contributed by atoms with Crippen molar-refractivity contribution in [1.82, 2.24) is 15.0 Å². The summed E-state index contributed by atoms with van der Waals surface area (Å²) in [6.45, 7) is 4.17. The van der Waals surface area contributed by atoms with Crippen LogP contribution in [0.1, 0.15) is 41.3 Å². The molecule has 4 aromatic carbocycles. The van der Waals surface area contributed by atoms with E-state index in [1.807, 2.05) is 55.5 Å². The summed E-state index contributed by atoms with van der Waals surface area (Å²) >= 11 is 3.57. The molecule has 0 bridgehead atoms. The molecule has 5 nitrogen and oxygen atoms in total. The number of hydrogen-bond acceptors (Lipinski definition) is 3. The van der Waals surface area contributed by atoms with Crippen LogP contribution in [0.5, 0.6) is 0 Å². The van der Waals surface area contributed by atoms with Crippen molar-refractivity contribution < 1.29 is 4.79 Å². The summed E-state index contributed by atoms with van der Waals surface area (Å²) in [5.74, 6) is -0.152. The first-order valence-corrected chi connectivity index (χ1v) is 12.3. The van der Waals surface area contributed by atoms with Crippen LogP contribution in [0, 0.1) is 6.92 Å². The van der Waals surface area contributed by atoms with Gasteiger partial charge in [-0.15, -0.1) is 10.2 Å². The van der Waals surface area contributed by atoms with Gasteiger partial charge in [-0.2, -0.15) is 4.80 Å². The number of fused-ring (bicyclic) bond motifs is 2. The number of hydrogen-bond donors (Lipinski definition) is 1. The molecule has 0 spiro atoms. The van der Waals surface area contributed by atoms with E-state index in [0.717, 1.165) is 49.6 Å². The summed E-state index contributed by atoms with van der Waals surface area (Å²) < 4.78 is 0.965. The molecule has 6 heteroatoms. The van der Waals surface area contributed by atoms with E-state index in [2.05, 4.69) is 62.6 Å². The molecule has 0 aliphatic carbocycles. The lowest BCUT2D eigenvalue weighted by Crippen LogP contribution is -2.13. The van der Waals surface area contributed by atoms with Crippen molar-refractivity contribution in [1.29, 1.82) is 0 Å². The number of benzene rings is 4. The van der Waals surface area contributed by atoms with E-state index in [1.165, 1.54) is 18.4 Å². The van der Waals surface area contributed by atoms with Gasteiger partial charge >= 0.3 is 0 Å². The Labute approximate surface area is 206 Å². The topological polar surface area (TPSA) is 59.8 Å². The molecule has 0 aliphatic heterocycles. The van der Waals surface area contributed by atoms with Gasteiger partial charge in [0.1, 0.15) is 11.0 Å². The van der Waals surface area contributed by atoms with Gasteiger partial charge in [0.05, 0.1) is 5.69 Å². The first kappa shape index (κ1) is 22.3. The molecule has 0 saturated carbocycles. The minimum Gasteiger partial charge on any atom is -0.322 e. The maximum absolute atomic E-state index is 13.2. The van der Waals surface area contributed by atoms with Crippen LogP contribution < -0.4 is 5.32 Å². The van der Waals surface area contributed by atoms with Crippen LogP contribution in [0.25, 0.3) is 27.5 Å². The lowest BCUT2D eigenvalue weighted by Gasteiger charge is -2.11. The zero-order chi connectivity index (χ0) is 23.7. The summed E-state index contributed by atoms with van der Waals surface area (Å²) in [7, 11) is 0. The second-order valence-electron chi connectivity index (χ2n) is 8.51. The minimum atomic E-state index is -0.152. The van der Waals surface area contributed by atoms with Gasteiger partial charge in [0.2, 0.25) is 0 Å². The number of aryl methyl sites for hydroxylation is 2. The van der Waals surface area contributed by atoms with Gasteiger partial charge in [-0.1, -0.05) is 65.7 Å². The Morgan fingerprint density at radius 1 is 0.941 bits per heavy atom. The highest BCUT2D eigenvalue weighted by atomic mass is 79.9. The van der Waals surface area contributed by atoms with Crippen LogP contribution >= 0.6 is 15.9 Å². The molecule has 170 valence electrons. The number of anilines is 1. The minimum absolute atomic E-state index is 0.152. The van der Waals surface area contributed by atoms with Crippen molar-refractivity contribution in [3.63, 3.8) is 0 Å². The Bertz CT molecular complexity index is 1500. The maximum Gasteiger partial charge on any atom is 0.256 e. The number of aromatic nitrogens is 3. The summed E-state index contributed by atoms with van der Waals surface area (Å²) in [5, 5.41) is 14.3. The highest BCUT2D eigenvalue weighted by Crippen LogP contribution is 2.28. The zero-order valence-corrected chi connectivity index (χ0v) is 20.8. The van der Waals surface area contributed by atoms with E-state index in [4.69, 9.17) is 0 Å². The number of nitrogens with zero attached hydrogens (tertiary/aromatic N) is 3. The number of unbranched alkanes of at least 4 members (excludes halogenated alkanes) is 1. The number of halogens is 1. The first-order chi connectivity index (χ1) is 16.5. The number of carbonyl (C=O) groups is 1. The molecule has 1 N–H and O–H groups in total. The molecule has 0 aliphatic rings. The molecule has 5 rings (SSSR count). The lowest BCUT2D eigenvalue weighted by atomic mass is 10.0. The van der Waals surface area contributed by atoms with Gasteiger partial charge in [0.25, 0.3) is 5.91 Å². The van der Waals surface area contributed by atoms with Crippen molar-refractivity contribution >= 4 is 49.3 Å². The van der Waals surface area contributed by atoms with E-state index in [1.54, 1.807) is 4.80 Å². The fourth-order valence-corrected chi connectivity index (χ4v) is 4.65. The molecule has 34 heavy (non-hydrogen) atoms. The van der Waals surface area contributed by atoms with E-state index < -0.39 is 0 Å². The highest BCUT2D eigenvalue weighted by Gasteiger charge is 2.14. The third-order valence-corrected chi connectivity index (χ3v) is 6.77. The molecule has 1 aromatic heterocycles. The van der Waals surface area contributed by atoms with Crippen molar-refractivity contribution in [2.24, 2.45) is 0 Å². The molecular formula is C28H25BrN4O. The number of nitrogens with one attached hydrogen (secondary N) is 1. The summed E-state index contributed by atoms with van der Waals surface area (Å²) in [5.41, 5.74) is 6.06.